The van der Waals surface area contributed by atoms with Crippen LogP contribution < -0.4 is 5.32 Å². The molecule has 2 aromatic heterocycles. The lowest BCUT2D eigenvalue weighted by Crippen LogP contribution is -2.15. The summed E-state index contributed by atoms with van der Waals surface area (Å²) in [6.07, 6.45) is 2.99. The van der Waals surface area contributed by atoms with Crippen molar-refractivity contribution in [1.82, 2.24) is 4.98 Å². The van der Waals surface area contributed by atoms with Crippen LogP contribution in [0.25, 0.3) is 11.1 Å². The van der Waals surface area contributed by atoms with E-state index in [0.717, 1.165) is 4.88 Å². The fourth-order valence-electron chi connectivity index (χ4n) is 2.80. The molecule has 0 aliphatic carbocycles. The van der Waals surface area contributed by atoms with Crippen molar-refractivity contribution in [3.8, 4) is 11.1 Å². The van der Waals surface area contributed by atoms with Crippen molar-refractivity contribution in [2.24, 2.45) is 0 Å². The molecule has 8 nitrogen and oxygen atoms in total. The van der Waals surface area contributed by atoms with E-state index >= 15 is 0 Å². The second-order valence-corrected chi connectivity index (χ2v) is 7.18. The lowest BCUT2D eigenvalue weighted by atomic mass is 10.0. The number of carbonyl (C=O) groups excluding carboxylic acids is 2. The number of carbonyl (C=O) groups is 2. The first kappa shape index (κ1) is 20.2. The van der Waals surface area contributed by atoms with Crippen molar-refractivity contribution in [1.29, 1.82) is 0 Å². The molecule has 0 aliphatic heterocycles. The molecule has 0 radical (unpaired) electrons. The number of benzene rings is 1. The van der Waals surface area contributed by atoms with Crippen LogP contribution in [-0.4, -0.2) is 28.4 Å². The summed E-state index contributed by atoms with van der Waals surface area (Å²) < 4.78 is 5.19. The summed E-state index contributed by atoms with van der Waals surface area (Å²) in [5.41, 5.74) is 1.72. The van der Waals surface area contributed by atoms with Gasteiger partial charge < -0.3 is 10.1 Å². The van der Waals surface area contributed by atoms with E-state index in [1.165, 1.54) is 29.7 Å². The third-order valence-electron chi connectivity index (χ3n) is 4.08. The highest BCUT2D eigenvalue weighted by atomic mass is 32.1. The van der Waals surface area contributed by atoms with Gasteiger partial charge in [-0.2, -0.15) is 0 Å². The molecule has 1 N–H and O–H groups in total. The van der Waals surface area contributed by atoms with Gasteiger partial charge in [-0.1, -0.05) is 0 Å². The number of amides is 1. The van der Waals surface area contributed by atoms with Crippen LogP contribution in [0, 0.1) is 17.0 Å². The number of thiophene rings is 1. The first-order chi connectivity index (χ1) is 13.9. The number of ether oxygens (including phenoxy) is 1. The zero-order chi connectivity index (χ0) is 21.0. The summed E-state index contributed by atoms with van der Waals surface area (Å²) in [6.45, 7) is 3.67. The van der Waals surface area contributed by atoms with E-state index < -0.39 is 16.8 Å². The van der Waals surface area contributed by atoms with Crippen molar-refractivity contribution in [3.63, 3.8) is 0 Å². The predicted molar refractivity (Wildman–Crippen MR) is 109 cm³/mol. The number of non-ortho nitro benzene ring substituents is 1. The number of aryl methyl sites for hydroxylation is 1. The molecule has 1 aromatic carbocycles. The monoisotopic (exact) mass is 411 g/mol. The van der Waals surface area contributed by atoms with Gasteiger partial charge in [-0.3, -0.25) is 19.9 Å². The number of nitro benzene ring substituents is 1. The van der Waals surface area contributed by atoms with Crippen molar-refractivity contribution >= 4 is 33.9 Å². The van der Waals surface area contributed by atoms with Crippen LogP contribution in [0.15, 0.2) is 48.8 Å². The molecule has 9 heteroatoms. The molecule has 0 bridgehead atoms. The maximum absolute atomic E-state index is 12.7. The molecular weight excluding hydrogens is 394 g/mol. The summed E-state index contributed by atoms with van der Waals surface area (Å²) >= 11 is 1.24. The molecule has 148 valence electrons. The second-order valence-electron chi connectivity index (χ2n) is 5.96. The Morgan fingerprint density at radius 2 is 1.97 bits per heavy atom. The average molecular weight is 411 g/mol. The highest BCUT2D eigenvalue weighted by molar-refractivity contribution is 7.17. The van der Waals surface area contributed by atoms with Gasteiger partial charge in [0.2, 0.25) is 0 Å². The van der Waals surface area contributed by atoms with Gasteiger partial charge in [0, 0.05) is 35.0 Å². The van der Waals surface area contributed by atoms with Gasteiger partial charge in [-0.05, 0) is 43.7 Å². The molecule has 0 saturated heterocycles. The number of esters is 1. The molecule has 3 aromatic rings. The van der Waals surface area contributed by atoms with Crippen LogP contribution in [0.5, 0.6) is 0 Å². The van der Waals surface area contributed by atoms with Gasteiger partial charge in [0.1, 0.15) is 10.6 Å². The first-order valence-corrected chi connectivity index (χ1v) is 9.50. The summed E-state index contributed by atoms with van der Waals surface area (Å²) in [5, 5.41) is 14.0. The number of rotatable bonds is 6. The number of anilines is 1. The normalized spacial score (nSPS) is 10.4. The fourth-order valence-corrected chi connectivity index (χ4v) is 3.86. The van der Waals surface area contributed by atoms with E-state index in [-0.39, 0.29) is 17.9 Å². The number of hydrogen-bond acceptors (Lipinski definition) is 7. The van der Waals surface area contributed by atoms with Gasteiger partial charge in [-0.15, -0.1) is 11.3 Å². The van der Waals surface area contributed by atoms with Crippen LogP contribution >= 0.6 is 11.3 Å². The molecule has 0 saturated carbocycles. The highest BCUT2D eigenvalue weighted by Gasteiger charge is 2.26. The maximum atomic E-state index is 12.7. The first-order valence-electron chi connectivity index (χ1n) is 8.69. The van der Waals surface area contributed by atoms with Crippen LogP contribution in [0.1, 0.15) is 32.5 Å². The minimum absolute atomic E-state index is 0.0515. The Bertz CT molecular complexity index is 1060. The minimum Gasteiger partial charge on any atom is -0.462 e. The Kier molecular flexibility index (Phi) is 5.99. The lowest BCUT2D eigenvalue weighted by molar-refractivity contribution is -0.384. The van der Waals surface area contributed by atoms with Crippen molar-refractivity contribution in [2.45, 2.75) is 13.8 Å². The second kappa shape index (κ2) is 8.61. The Labute approximate surface area is 170 Å². The molecule has 1 amide bonds. The number of pyridine rings is 1. The lowest BCUT2D eigenvalue weighted by Gasteiger charge is -2.09. The summed E-state index contributed by atoms with van der Waals surface area (Å²) in [5.74, 6) is -0.980. The Balaban J connectivity index is 2.05. The fraction of sp³-hybridized carbons (Fsp3) is 0.150. The smallest absolute Gasteiger partial charge is 0.341 e. The Hall–Kier alpha value is -3.59. The van der Waals surface area contributed by atoms with Gasteiger partial charge in [0.05, 0.1) is 17.1 Å². The van der Waals surface area contributed by atoms with Crippen molar-refractivity contribution < 1.29 is 19.2 Å². The van der Waals surface area contributed by atoms with Gasteiger partial charge in [-0.25, -0.2) is 4.79 Å². The molecule has 0 spiro atoms. The van der Waals surface area contributed by atoms with Gasteiger partial charge in [0.15, 0.2) is 0 Å². The van der Waals surface area contributed by atoms with Crippen LogP contribution in [0.2, 0.25) is 0 Å². The van der Waals surface area contributed by atoms with Crippen LogP contribution in [0.4, 0.5) is 10.7 Å². The van der Waals surface area contributed by atoms with E-state index in [1.807, 2.05) is 6.92 Å². The van der Waals surface area contributed by atoms with E-state index in [0.29, 0.717) is 21.7 Å². The maximum Gasteiger partial charge on any atom is 0.341 e. The predicted octanol–water partition coefficient (Wildman–Crippen LogP) is 4.46. The zero-order valence-electron chi connectivity index (χ0n) is 15.7. The van der Waals surface area contributed by atoms with E-state index in [2.05, 4.69) is 10.3 Å². The SMILES string of the molecule is CCOC(=O)c1c(NC(=O)c2cccnc2)sc(C)c1-c1ccc([N+](=O)[O-])cc1. The molecule has 3 rings (SSSR count). The number of hydrogen-bond donors (Lipinski definition) is 1. The topological polar surface area (TPSA) is 111 Å². The van der Waals surface area contributed by atoms with E-state index in [1.54, 1.807) is 37.4 Å². The third-order valence-corrected chi connectivity index (χ3v) is 5.10. The summed E-state index contributed by atoms with van der Waals surface area (Å²) in [4.78, 5) is 40.3. The molecule has 0 atom stereocenters. The number of aromatic nitrogens is 1. The highest BCUT2D eigenvalue weighted by Crippen LogP contribution is 2.41. The van der Waals surface area contributed by atoms with E-state index in [4.69, 9.17) is 4.74 Å². The van der Waals surface area contributed by atoms with E-state index in [9.17, 15) is 19.7 Å². The number of nitro groups is 1. The molecule has 0 fully saturated rings. The number of nitrogens with zero attached hydrogens (tertiary/aromatic N) is 2. The third kappa shape index (κ3) is 4.30. The Morgan fingerprint density at radius 3 is 2.55 bits per heavy atom. The van der Waals surface area contributed by atoms with Crippen molar-refractivity contribution in [2.75, 3.05) is 11.9 Å². The Morgan fingerprint density at radius 1 is 1.24 bits per heavy atom. The van der Waals surface area contributed by atoms with Gasteiger partial charge in [0.25, 0.3) is 11.6 Å². The average Bonchev–Trinajstić information content (AvgIpc) is 3.04. The largest absolute Gasteiger partial charge is 0.462 e. The molecule has 29 heavy (non-hydrogen) atoms. The standard InChI is InChI=1S/C20H17N3O5S/c1-3-28-20(25)17-16(13-6-8-15(9-7-13)23(26)27)12(2)29-19(17)22-18(24)14-5-4-10-21-11-14/h4-11H,3H2,1-2H3,(H,22,24). The molecular formula is C20H17N3O5S. The molecule has 0 aliphatic rings. The quantitative estimate of drug-likeness (QED) is 0.364. The summed E-state index contributed by atoms with van der Waals surface area (Å²) in [6, 6.07) is 9.14. The van der Waals surface area contributed by atoms with Crippen LogP contribution in [-0.2, 0) is 4.74 Å². The summed E-state index contributed by atoms with van der Waals surface area (Å²) in [7, 11) is 0. The zero-order valence-corrected chi connectivity index (χ0v) is 16.5. The minimum atomic E-state index is -0.577. The number of nitrogens with one attached hydrogen (secondary N) is 1. The van der Waals surface area contributed by atoms with Crippen LogP contribution in [0.3, 0.4) is 0 Å². The van der Waals surface area contributed by atoms with Gasteiger partial charge >= 0.3 is 5.97 Å². The molecule has 2 heterocycles. The molecule has 0 unspecified atom stereocenters. The van der Waals surface area contributed by atoms with Crippen molar-refractivity contribution in [3.05, 3.63) is 74.9 Å².